The number of carbonyl (C=O) groups is 3. The molecule has 9 heteroatoms. The van der Waals surface area contributed by atoms with Gasteiger partial charge in [0.15, 0.2) is 0 Å². The Morgan fingerprint density at radius 1 is 1.21 bits per heavy atom. The molecule has 28 heavy (non-hydrogen) atoms. The molecule has 3 heterocycles. The first-order valence-electron chi connectivity index (χ1n) is 9.43. The van der Waals surface area contributed by atoms with E-state index in [1.807, 2.05) is 11.0 Å². The number of hydrogen-bond donors (Lipinski definition) is 2. The Hall–Kier alpha value is -2.39. The number of nitrogens with one attached hydrogen (secondary N) is 2. The Morgan fingerprint density at radius 3 is 2.79 bits per heavy atom. The van der Waals surface area contributed by atoms with E-state index in [1.165, 1.54) is 4.90 Å². The van der Waals surface area contributed by atoms with Crippen LogP contribution in [0.5, 0.6) is 0 Å². The van der Waals surface area contributed by atoms with E-state index in [0.29, 0.717) is 38.2 Å². The van der Waals surface area contributed by atoms with Crippen LogP contribution in [0, 0.1) is 0 Å². The summed E-state index contributed by atoms with van der Waals surface area (Å²) in [6.07, 6.45) is -1.90. The summed E-state index contributed by atoms with van der Waals surface area (Å²) in [6.45, 7) is 2.15. The first-order valence-corrected chi connectivity index (χ1v) is 9.43. The topological polar surface area (TPSA) is 81.8 Å². The van der Waals surface area contributed by atoms with E-state index < -0.39 is 24.4 Å². The lowest BCUT2D eigenvalue weighted by Crippen LogP contribution is -2.53. The molecule has 2 unspecified atom stereocenters. The zero-order valence-corrected chi connectivity index (χ0v) is 15.3. The first kappa shape index (κ1) is 18.9. The van der Waals surface area contributed by atoms with Gasteiger partial charge in [-0.1, -0.05) is 12.1 Å². The van der Waals surface area contributed by atoms with Gasteiger partial charge >= 0.3 is 0 Å². The van der Waals surface area contributed by atoms with Crippen LogP contribution in [0.4, 0.5) is 8.78 Å². The van der Waals surface area contributed by atoms with E-state index in [0.717, 1.165) is 11.1 Å². The molecule has 0 aliphatic carbocycles. The molecule has 2 fully saturated rings. The van der Waals surface area contributed by atoms with Crippen molar-refractivity contribution in [3.05, 3.63) is 34.9 Å². The highest BCUT2D eigenvalue weighted by atomic mass is 19.3. The van der Waals surface area contributed by atoms with Crippen molar-refractivity contribution < 1.29 is 23.2 Å². The summed E-state index contributed by atoms with van der Waals surface area (Å²) < 4.78 is 26.0. The molecule has 150 valence electrons. The predicted octanol–water partition coefficient (Wildman–Crippen LogP) is 0.487. The summed E-state index contributed by atoms with van der Waals surface area (Å²) in [6, 6.07) is 3.90. The van der Waals surface area contributed by atoms with E-state index in [2.05, 4.69) is 10.6 Å². The van der Waals surface area contributed by atoms with Crippen LogP contribution in [-0.4, -0.2) is 65.7 Å². The number of nitrogens with zero attached hydrogens (tertiary/aromatic N) is 2. The van der Waals surface area contributed by atoms with E-state index in [1.54, 1.807) is 12.1 Å². The number of halogens is 2. The maximum absolute atomic E-state index is 13.0. The third-order valence-corrected chi connectivity index (χ3v) is 5.67. The van der Waals surface area contributed by atoms with Crippen LogP contribution in [0.3, 0.4) is 0 Å². The monoisotopic (exact) mass is 392 g/mol. The zero-order valence-electron chi connectivity index (χ0n) is 15.3. The number of fused-ring (bicyclic) bond motifs is 1. The highest BCUT2D eigenvalue weighted by molar-refractivity contribution is 6.05. The van der Waals surface area contributed by atoms with Crippen LogP contribution in [0.15, 0.2) is 18.2 Å². The number of piperidine rings is 1. The molecule has 1 aromatic rings. The van der Waals surface area contributed by atoms with Crippen molar-refractivity contribution in [2.75, 3.05) is 19.6 Å². The third kappa shape index (κ3) is 3.51. The Morgan fingerprint density at radius 2 is 2.04 bits per heavy atom. The van der Waals surface area contributed by atoms with Crippen molar-refractivity contribution in [2.24, 2.45) is 0 Å². The van der Waals surface area contributed by atoms with Crippen molar-refractivity contribution in [1.82, 2.24) is 20.4 Å². The Kier molecular flexibility index (Phi) is 5.11. The average Bonchev–Trinajstić information content (AvgIpc) is 3.00. The third-order valence-electron chi connectivity index (χ3n) is 5.67. The van der Waals surface area contributed by atoms with E-state index in [9.17, 15) is 23.2 Å². The summed E-state index contributed by atoms with van der Waals surface area (Å²) >= 11 is 0. The lowest BCUT2D eigenvalue weighted by atomic mass is 10.0. The van der Waals surface area contributed by atoms with Gasteiger partial charge in [-0.25, -0.2) is 8.78 Å². The summed E-state index contributed by atoms with van der Waals surface area (Å²) in [4.78, 5) is 39.9. The predicted molar refractivity (Wildman–Crippen MR) is 95.6 cm³/mol. The molecule has 3 amide bonds. The lowest BCUT2D eigenvalue weighted by molar-refractivity contribution is -0.136. The maximum Gasteiger partial charge on any atom is 0.255 e. The SMILES string of the molecule is O=C1CCC(N2Cc3c(CN4CCNC(C(F)F)C4)cccc3C2=O)C(=O)N1. The Balaban J connectivity index is 1.51. The molecule has 2 saturated heterocycles. The fraction of sp³-hybridized carbons (Fsp3) is 0.526. The molecule has 3 aliphatic heterocycles. The van der Waals surface area contributed by atoms with Crippen LogP contribution in [-0.2, 0) is 22.7 Å². The molecule has 1 aromatic carbocycles. The molecule has 4 rings (SSSR count). The van der Waals surface area contributed by atoms with Crippen molar-refractivity contribution in [2.45, 2.75) is 44.4 Å². The zero-order chi connectivity index (χ0) is 19.8. The number of hydrogen-bond acceptors (Lipinski definition) is 5. The van der Waals surface area contributed by atoms with Crippen LogP contribution >= 0.6 is 0 Å². The normalized spacial score (nSPS) is 26.0. The van der Waals surface area contributed by atoms with E-state index in [4.69, 9.17) is 0 Å². The van der Waals surface area contributed by atoms with Gasteiger partial charge < -0.3 is 10.2 Å². The summed E-state index contributed by atoms with van der Waals surface area (Å²) in [7, 11) is 0. The minimum atomic E-state index is -2.42. The van der Waals surface area contributed by atoms with Gasteiger partial charge in [-0.3, -0.25) is 24.6 Å². The van der Waals surface area contributed by atoms with Gasteiger partial charge in [0.25, 0.3) is 12.3 Å². The second-order valence-electron chi connectivity index (χ2n) is 7.47. The molecular weight excluding hydrogens is 370 g/mol. The fourth-order valence-corrected chi connectivity index (χ4v) is 4.19. The van der Waals surface area contributed by atoms with Crippen LogP contribution < -0.4 is 10.6 Å². The van der Waals surface area contributed by atoms with E-state index in [-0.39, 0.29) is 24.8 Å². The number of amides is 3. The van der Waals surface area contributed by atoms with Gasteiger partial charge in [-0.2, -0.15) is 0 Å². The standard InChI is InChI=1S/C19H22F2N4O3/c20-17(21)14-10-24(7-6-22-14)8-11-2-1-3-12-13(11)9-25(19(12)28)15-4-5-16(26)23-18(15)27/h1-3,14-15,17,22H,4-10H2,(H,23,26,27). The van der Waals surface area contributed by atoms with Gasteiger partial charge in [-0.15, -0.1) is 0 Å². The minimum Gasteiger partial charge on any atom is -0.322 e. The molecule has 3 aliphatic rings. The summed E-state index contributed by atoms with van der Waals surface area (Å²) in [5, 5.41) is 5.12. The van der Waals surface area contributed by atoms with Crippen LogP contribution in [0.25, 0.3) is 0 Å². The minimum absolute atomic E-state index is 0.208. The number of benzene rings is 1. The van der Waals surface area contributed by atoms with Gasteiger partial charge in [0, 0.05) is 44.7 Å². The fourth-order valence-electron chi connectivity index (χ4n) is 4.19. The van der Waals surface area contributed by atoms with Crippen LogP contribution in [0.1, 0.15) is 34.3 Å². The van der Waals surface area contributed by atoms with Gasteiger partial charge in [0.05, 0.1) is 6.04 Å². The second-order valence-corrected chi connectivity index (χ2v) is 7.47. The van der Waals surface area contributed by atoms with Crippen LogP contribution in [0.2, 0.25) is 0 Å². The molecule has 0 spiro atoms. The highest BCUT2D eigenvalue weighted by Crippen LogP contribution is 2.30. The second kappa shape index (κ2) is 7.56. The number of alkyl halides is 2. The first-order chi connectivity index (χ1) is 13.4. The molecular formula is C19H22F2N4O3. The molecule has 2 atom stereocenters. The molecule has 0 bridgehead atoms. The Labute approximate surface area is 161 Å². The van der Waals surface area contributed by atoms with Crippen molar-refractivity contribution in [3.63, 3.8) is 0 Å². The van der Waals surface area contributed by atoms with Gasteiger partial charge in [0.1, 0.15) is 6.04 Å². The number of imide groups is 1. The van der Waals surface area contributed by atoms with Gasteiger partial charge in [-0.05, 0) is 23.6 Å². The highest BCUT2D eigenvalue weighted by Gasteiger charge is 2.40. The number of piperazine rings is 1. The van der Waals surface area contributed by atoms with E-state index >= 15 is 0 Å². The van der Waals surface area contributed by atoms with Crippen molar-refractivity contribution in [3.8, 4) is 0 Å². The maximum atomic E-state index is 13.0. The number of rotatable bonds is 4. The molecule has 0 radical (unpaired) electrons. The summed E-state index contributed by atoms with van der Waals surface area (Å²) in [5.74, 6) is -0.989. The quantitative estimate of drug-likeness (QED) is 0.729. The molecule has 7 nitrogen and oxygen atoms in total. The lowest BCUT2D eigenvalue weighted by Gasteiger charge is -2.33. The Bertz CT molecular complexity index is 816. The average molecular weight is 392 g/mol. The smallest absolute Gasteiger partial charge is 0.255 e. The van der Waals surface area contributed by atoms with Crippen molar-refractivity contribution >= 4 is 17.7 Å². The molecule has 0 aromatic heterocycles. The van der Waals surface area contributed by atoms with Gasteiger partial charge in [0.2, 0.25) is 11.8 Å². The molecule has 0 saturated carbocycles. The largest absolute Gasteiger partial charge is 0.322 e. The summed E-state index contributed by atoms with van der Waals surface area (Å²) in [5.41, 5.74) is 2.29. The van der Waals surface area contributed by atoms with Crippen molar-refractivity contribution in [1.29, 1.82) is 0 Å². The number of carbonyl (C=O) groups excluding carboxylic acids is 3. The molecule has 2 N–H and O–H groups in total.